The topological polar surface area (TPSA) is 42.7 Å². The molecule has 0 saturated heterocycles. The molecular weight excluding hydrogens is 451 g/mol. The smallest absolute Gasteiger partial charge is 0.117 e. The molecule has 0 aliphatic rings. The molecule has 158 valence electrons. The molecule has 1 heterocycles. The maximum absolute atomic E-state index is 6.34. The van der Waals surface area contributed by atoms with Crippen LogP contribution in [0.3, 0.4) is 0 Å². The van der Waals surface area contributed by atoms with Crippen LogP contribution in [0.4, 0.5) is 0 Å². The molecule has 0 unspecified atom stereocenters. The molecule has 31 heavy (non-hydrogen) atoms. The van der Waals surface area contributed by atoms with E-state index in [1.807, 2.05) is 72.8 Å². The summed E-state index contributed by atoms with van der Waals surface area (Å²) in [6, 6.07) is 23.4. The Kier molecular flexibility index (Phi) is 7.25. The number of nitrogens with zero attached hydrogens (tertiary/aromatic N) is 3. The van der Waals surface area contributed by atoms with E-state index in [2.05, 4.69) is 5.32 Å². The Morgan fingerprint density at radius 2 is 1.48 bits per heavy atom. The molecule has 0 aliphatic heterocycles. The van der Waals surface area contributed by atoms with Gasteiger partial charge in [0, 0.05) is 32.7 Å². The summed E-state index contributed by atoms with van der Waals surface area (Å²) in [5, 5.41) is 14.9. The number of halogens is 3. The first kappa shape index (κ1) is 21.8. The van der Waals surface area contributed by atoms with E-state index in [0.29, 0.717) is 23.1 Å². The molecule has 0 spiro atoms. The quantitative estimate of drug-likeness (QED) is 0.307. The van der Waals surface area contributed by atoms with Gasteiger partial charge in [0.1, 0.15) is 11.4 Å². The average Bonchev–Trinajstić information content (AvgIpc) is 3.18. The van der Waals surface area contributed by atoms with Crippen molar-refractivity contribution in [2.24, 2.45) is 0 Å². The zero-order valence-corrected chi connectivity index (χ0v) is 19.0. The van der Waals surface area contributed by atoms with Crippen LogP contribution < -0.4 is 5.32 Å². The minimum atomic E-state index is 0.406. The van der Waals surface area contributed by atoms with Gasteiger partial charge in [-0.05, 0) is 42.8 Å². The fraction of sp³-hybridized carbons (Fsp3) is 0.167. The van der Waals surface area contributed by atoms with Crippen molar-refractivity contribution in [1.82, 2.24) is 20.3 Å². The first-order valence-electron chi connectivity index (χ1n) is 9.97. The normalized spacial score (nSPS) is 11.1. The number of benzene rings is 3. The van der Waals surface area contributed by atoms with Gasteiger partial charge in [0.05, 0.1) is 6.54 Å². The lowest BCUT2D eigenvalue weighted by Gasteiger charge is -2.06. The van der Waals surface area contributed by atoms with Crippen molar-refractivity contribution >= 4 is 34.8 Å². The van der Waals surface area contributed by atoms with E-state index in [-0.39, 0.29) is 0 Å². The van der Waals surface area contributed by atoms with Gasteiger partial charge in [-0.3, -0.25) is 0 Å². The summed E-state index contributed by atoms with van der Waals surface area (Å²) in [5.41, 5.74) is 4.79. The number of rotatable bonds is 8. The van der Waals surface area contributed by atoms with Gasteiger partial charge in [0.25, 0.3) is 0 Å². The Labute approximate surface area is 196 Å². The Bertz CT molecular complexity index is 1120. The van der Waals surface area contributed by atoms with Crippen LogP contribution in [-0.2, 0) is 19.5 Å². The second kappa shape index (κ2) is 10.3. The van der Waals surface area contributed by atoms with Crippen LogP contribution in [0, 0.1) is 0 Å². The summed E-state index contributed by atoms with van der Waals surface area (Å²) >= 11 is 18.6. The van der Waals surface area contributed by atoms with Crippen molar-refractivity contribution in [3.05, 3.63) is 105 Å². The summed E-state index contributed by atoms with van der Waals surface area (Å²) < 4.78 is 0. The summed E-state index contributed by atoms with van der Waals surface area (Å²) in [6.45, 7) is 1.83. The number of nitrogens with one attached hydrogen (secondary N) is 1. The molecule has 4 nitrogen and oxygen atoms in total. The maximum atomic E-state index is 6.34. The average molecular weight is 472 g/mol. The molecule has 4 aromatic rings. The van der Waals surface area contributed by atoms with Gasteiger partial charge in [0.15, 0.2) is 0 Å². The Balaban J connectivity index is 1.50. The zero-order chi connectivity index (χ0) is 21.6. The highest BCUT2D eigenvalue weighted by molar-refractivity contribution is 6.36. The molecule has 0 amide bonds. The van der Waals surface area contributed by atoms with Gasteiger partial charge in [0.2, 0.25) is 0 Å². The minimum absolute atomic E-state index is 0.406. The van der Waals surface area contributed by atoms with E-state index in [0.717, 1.165) is 40.5 Å². The fourth-order valence-electron chi connectivity index (χ4n) is 3.31. The lowest BCUT2D eigenvalue weighted by Crippen LogP contribution is -2.17. The van der Waals surface area contributed by atoms with Crippen LogP contribution in [0.5, 0.6) is 0 Å². The predicted octanol–water partition coefficient (Wildman–Crippen LogP) is 6.29. The Morgan fingerprint density at radius 3 is 2.19 bits per heavy atom. The van der Waals surface area contributed by atoms with Crippen LogP contribution in [0.2, 0.25) is 15.1 Å². The lowest BCUT2D eigenvalue weighted by atomic mass is 10.1. The molecular formula is C24H21Cl3N4. The molecule has 0 bridgehead atoms. The summed E-state index contributed by atoms with van der Waals surface area (Å²) in [4.78, 5) is 1.66. The van der Waals surface area contributed by atoms with E-state index in [1.54, 1.807) is 4.80 Å². The SMILES string of the molecule is Clc1ccc(CCNCc2nn(Cc3c(Cl)cccc3Cl)nc2-c2ccccc2)cc1. The van der Waals surface area contributed by atoms with Crippen molar-refractivity contribution < 1.29 is 0 Å². The van der Waals surface area contributed by atoms with Gasteiger partial charge in [-0.1, -0.05) is 83.3 Å². The molecule has 1 aromatic heterocycles. The lowest BCUT2D eigenvalue weighted by molar-refractivity contribution is 0.577. The standard InChI is InChI=1S/C24H21Cl3N4/c25-19-11-9-17(10-12-19)13-14-28-15-23-24(18-5-2-1-3-6-18)30-31(29-23)16-20-21(26)7-4-8-22(20)27/h1-12,28H,13-16H2. The van der Waals surface area contributed by atoms with Crippen LogP contribution in [0.1, 0.15) is 16.8 Å². The van der Waals surface area contributed by atoms with E-state index in [1.165, 1.54) is 5.56 Å². The first-order chi connectivity index (χ1) is 15.1. The molecule has 0 atom stereocenters. The van der Waals surface area contributed by atoms with E-state index < -0.39 is 0 Å². The van der Waals surface area contributed by atoms with Crippen molar-refractivity contribution in [2.75, 3.05) is 6.54 Å². The van der Waals surface area contributed by atoms with Crippen molar-refractivity contribution in [3.63, 3.8) is 0 Å². The molecule has 0 saturated carbocycles. The summed E-state index contributed by atoms with van der Waals surface area (Å²) in [5.74, 6) is 0. The largest absolute Gasteiger partial charge is 0.311 e. The second-order valence-corrected chi connectivity index (χ2v) is 8.40. The molecule has 0 fully saturated rings. The minimum Gasteiger partial charge on any atom is -0.311 e. The van der Waals surface area contributed by atoms with E-state index in [4.69, 9.17) is 45.0 Å². The highest BCUT2D eigenvalue weighted by atomic mass is 35.5. The highest BCUT2D eigenvalue weighted by Crippen LogP contribution is 2.26. The molecule has 0 aliphatic carbocycles. The van der Waals surface area contributed by atoms with Gasteiger partial charge < -0.3 is 5.32 Å². The summed E-state index contributed by atoms with van der Waals surface area (Å²) in [7, 11) is 0. The Morgan fingerprint density at radius 1 is 0.774 bits per heavy atom. The van der Waals surface area contributed by atoms with Crippen molar-refractivity contribution in [1.29, 1.82) is 0 Å². The molecule has 4 rings (SSSR count). The number of hydrogen-bond acceptors (Lipinski definition) is 3. The van der Waals surface area contributed by atoms with Crippen molar-refractivity contribution in [3.8, 4) is 11.3 Å². The summed E-state index contributed by atoms with van der Waals surface area (Å²) in [6.07, 6.45) is 0.904. The maximum Gasteiger partial charge on any atom is 0.117 e. The zero-order valence-electron chi connectivity index (χ0n) is 16.7. The van der Waals surface area contributed by atoms with Gasteiger partial charge >= 0.3 is 0 Å². The van der Waals surface area contributed by atoms with Gasteiger partial charge in [-0.25, -0.2) is 0 Å². The van der Waals surface area contributed by atoms with Gasteiger partial charge in [-0.15, -0.1) is 0 Å². The monoisotopic (exact) mass is 470 g/mol. The third kappa shape index (κ3) is 5.66. The molecule has 0 radical (unpaired) electrons. The second-order valence-electron chi connectivity index (χ2n) is 7.15. The third-order valence-electron chi connectivity index (χ3n) is 4.93. The molecule has 3 aromatic carbocycles. The van der Waals surface area contributed by atoms with Crippen molar-refractivity contribution in [2.45, 2.75) is 19.5 Å². The molecule has 7 heteroatoms. The van der Waals surface area contributed by atoms with Crippen LogP contribution in [0.25, 0.3) is 11.3 Å². The predicted molar refractivity (Wildman–Crippen MR) is 128 cm³/mol. The van der Waals surface area contributed by atoms with E-state index >= 15 is 0 Å². The van der Waals surface area contributed by atoms with Crippen LogP contribution >= 0.6 is 34.8 Å². The van der Waals surface area contributed by atoms with E-state index in [9.17, 15) is 0 Å². The van der Waals surface area contributed by atoms with Crippen LogP contribution in [-0.4, -0.2) is 21.5 Å². The van der Waals surface area contributed by atoms with Crippen LogP contribution in [0.15, 0.2) is 72.8 Å². The number of hydrogen-bond donors (Lipinski definition) is 1. The highest BCUT2D eigenvalue weighted by Gasteiger charge is 2.15. The molecule has 1 N–H and O–H groups in total. The fourth-order valence-corrected chi connectivity index (χ4v) is 3.95. The Hall–Kier alpha value is -2.37. The first-order valence-corrected chi connectivity index (χ1v) is 11.1. The third-order valence-corrected chi connectivity index (χ3v) is 5.89. The number of aromatic nitrogens is 3. The van der Waals surface area contributed by atoms with Gasteiger partial charge in [-0.2, -0.15) is 15.0 Å².